The number of benzene rings is 3. The molecule has 31 heavy (non-hydrogen) atoms. The van der Waals surface area contributed by atoms with Gasteiger partial charge >= 0.3 is 6.03 Å². The second kappa shape index (κ2) is 8.88. The van der Waals surface area contributed by atoms with Gasteiger partial charge in [0.2, 0.25) is 0 Å². The summed E-state index contributed by atoms with van der Waals surface area (Å²) < 4.78 is 5.84. The number of amides is 3. The molecule has 3 aromatic carbocycles. The molecule has 1 aliphatic rings. The van der Waals surface area contributed by atoms with Gasteiger partial charge in [0, 0.05) is 0 Å². The molecule has 4 rings (SSSR count). The number of nitrogens with one attached hydrogen (secondary N) is 1. The molecule has 1 aliphatic heterocycles. The van der Waals surface area contributed by atoms with Crippen molar-refractivity contribution in [3.05, 3.63) is 106 Å². The molecule has 0 aliphatic carbocycles. The van der Waals surface area contributed by atoms with Gasteiger partial charge in [-0.25, -0.2) is 4.79 Å². The molecule has 5 nitrogen and oxygen atoms in total. The summed E-state index contributed by atoms with van der Waals surface area (Å²) in [6, 6.07) is 23.0. The third-order valence-corrected chi connectivity index (χ3v) is 5.06. The van der Waals surface area contributed by atoms with E-state index >= 15 is 0 Å². The van der Waals surface area contributed by atoms with Crippen molar-refractivity contribution < 1.29 is 14.3 Å². The molecule has 1 fully saturated rings. The van der Waals surface area contributed by atoms with Crippen molar-refractivity contribution in [2.75, 3.05) is 0 Å². The molecule has 0 radical (unpaired) electrons. The number of nitrogens with zero attached hydrogens (tertiary/aromatic N) is 1. The highest BCUT2D eigenvalue weighted by atomic mass is 16.5. The lowest BCUT2D eigenvalue weighted by Crippen LogP contribution is -2.30. The lowest BCUT2D eigenvalue weighted by Gasteiger charge is -2.12. The summed E-state index contributed by atoms with van der Waals surface area (Å²) in [6.07, 6.45) is 1.68. The van der Waals surface area contributed by atoms with Crippen LogP contribution in [0.5, 0.6) is 5.75 Å². The molecule has 1 N–H and O–H groups in total. The third kappa shape index (κ3) is 5.01. The average molecular weight is 412 g/mol. The monoisotopic (exact) mass is 412 g/mol. The Balaban J connectivity index is 1.41. The van der Waals surface area contributed by atoms with Crippen LogP contribution >= 0.6 is 0 Å². The first-order valence-corrected chi connectivity index (χ1v) is 10.2. The Morgan fingerprint density at radius 2 is 1.52 bits per heavy atom. The molecule has 5 heteroatoms. The van der Waals surface area contributed by atoms with E-state index < -0.39 is 6.03 Å². The Bertz CT molecular complexity index is 1150. The molecule has 156 valence electrons. The molecule has 3 aromatic rings. The second-order valence-corrected chi connectivity index (χ2v) is 7.72. The average Bonchev–Trinajstić information content (AvgIpc) is 3.01. The smallest absolute Gasteiger partial charge is 0.329 e. The first-order valence-electron chi connectivity index (χ1n) is 10.2. The molecule has 0 atom stereocenters. The van der Waals surface area contributed by atoms with Gasteiger partial charge in [0.15, 0.2) is 0 Å². The SMILES string of the molecule is Cc1cccc(COc2ccc(/C=C3/NC(=O)N(Cc4cccc(C)c4)C3=O)cc2)c1. The first-order chi connectivity index (χ1) is 15.0. The maximum atomic E-state index is 12.7. The normalized spacial score (nSPS) is 14.8. The number of rotatable bonds is 6. The van der Waals surface area contributed by atoms with E-state index in [9.17, 15) is 9.59 Å². The minimum absolute atomic E-state index is 0.245. The lowest BCUT2D eigenvalue weighted by atomic mass is 10.1. The summed E-state index contributed by atoms with van der Waals surface area (Å²) >= 11 is 0. The van der Waals surface area contributed by atoms with Crippen LogP contribution in [-0.2, 0) is 17.9 Å². The fraction of sp³-hybridized carbons (Fsp3) is 0.154. The second-order valence-electron chi connectivity index (χ2n) is 7.72. The van der Waals surface area contributed by atoms with Gasteiger partial charge in [-0.2, -0.15) is 0 Å². The summed E-state index contributed by atoms with van der Waals surface area (Å²) in [5, 5.41) is 2.67. The van der Waals surface area contributed by atoms with E-state index in [-0.39, 0.29) is 18.1 Å². The molecule has 0 spiro atoms. The van der Waals surface area contributed by atoms with E-state index in [4.69, 9.17) is 4.74 Å². The van der Waals surface area contributed by atoms with Gasteiger partial charge in [0.1, 0.15) is 18.1 Å². The first kappa shape index (κ1) is 20.4. The number of imide groups is 1. The predicted molar refractivity (Wildman–Crippen MR) is 120 cm³/mol. The molecule has 1 heterocycles. The van der Waals surface area contributed by atoms with Crippen LogP contribution in [0.1, 0.15) is 27.8 Å². The Morgan fingerprint density at radius 1 is 0.871 bits per heavy atom. The van der Waals surface area contributed by atoms with Gasteiger partial charge < -0.3 is 10.1 Å². The van der Waals surface area contributed by atoms with E-state index in [1.54, 1.807) is 6.08 Å². The molecule has 3 amide bonds. The van der Waals surface area contributed by atoms with Crippen molar-refractivity contribution in [1.82, 2.24) is 10.2 Å². The van der Waals surface area contributed by atoms with Gasteiger partial charge in [-0.3, -0.25) is 9.69 Å². The molecule has 0 bridgehead atoms. The predicted octanol–water partition coefficient (Wildman–Crippen LogP) is 4.98. The van der Waals surface area contributed by atoms with Crippen molar-refractivity contribution in [2.24, 2.45) is 0 Å². The molecule has 0 saturated carbocycles. The number of carbonyl (C=O) groups excluding carboxylic acids is 2. The summed E-state index contributed by atoms with van der Waals surface area (Å²) in [5.74, 6) is 0.415. The zero-order chi connectivity index (χ0) is 21.8. The van der Waals surface area contributed by atoms with Gasteiger partial charge in [-0.1, -0.05) is 71.8 Å². The number of ether oxygens (including phenoxy) is 1. The molecule has 1 saturated heterocycles. The van der Waals surface area contributed by atoms with Gasteiger partial charge in [0.25, 0.3) is 5.91 Å². The van der Waals surface area contributed by atoms with Crippen molar-refractivity contribution in [1.29, 1.82) is 0 Å². The third-order valence-electron chi connectivity index (χ3n) is 5.06. The number of carbonyl (C=O) groups is 2. The summed E-state index contributed by atoms with van der Waals surface area (Å²) in [4.78, 5) is 26.2. The van der Waals surface area contributed by atoms with Crippen LogP contribution < -0.4 is 10.1 Å². The quantitative estimate of drug-likeness (QED) is 0.459. The Labute approximate surface area is 182 Å². The van der Waals surface area contributed by atoms with Crippen molar-refractivity contribution in [3.63, 3.8) is 0 Å². The van der Waals surface area contributed by atoms with Crippen LogP contribution in [-0.4, -0.2) is 16.8 Å². The van der Waals surface area contributed by atoms with Gasteiger partial charge in [0.05, 0.1) is 6.54 Å². The molecular formula is C26H24N2O3. The van der Waals surface area contributed by atoms with Crippen LogP contribution in [0.4, 0.5) is 4.79 Å². The van der Waals surface area contributed by atoms with E-state index in [2.05, 4.69) is 24.4 Å². The maximum absolute atomic E-state index is 12.7. The highest BCUT2D eigenvalue weighted by Gasteiger charge is 2.33. The van der Waals surface area contributed by atoms with Crippen LogP contribution in [0.3, 0.4) is 0 Å². The van der Waals surface area contributed by atoms with Gasteiger partial charge in [-0.05, 0) is 48.7 Å². The highest BCUT2D eigenvalue weighted by molar-refractivity contribution is 6.13. The minimum atomic E-state index is -0.407. The van der Waals surface area contributed by atoms with E-state index in [0.717, 1.165) is 28.0 Å². The Hall–Kier alpha value is -3.86. The van der Waals surface area contributed by atoms with Crippen LogP contribution in [0.25, 0.3) is 6.08 Å². The Kier molecular flexibility index (Phi) is 5.85. The zero-order valence-corrected chi connectivity index (χ0v) is 17.6. The lowest BCUT2D eigenvalue weighted by molar-refractivity contribution is -0.123. The van der Waals surface area contributed by atoms with Crippen LogP contribution in [0.15, 0.2) is 78.5 Å². The number of aryl methyl sites for hydroxylation is 2. The fourth-order valence-electron chi connectivity index (χ4n) is 3.50. The fourth-order valence-corrected chi connectivity index (χ4v) is 3.50. The van der Waals surface area contributed by atoms with Crippen LogP contribution in [0.2, 0.25) is 0 Å². The van der Waals surface area contributed by atoms with Crippen LogP contribution in [0, 0.1) is 13.8 Å². The number of hydrogen-bond donors (Lipinski definition) is 1. The summed E-state index contributed by atoms with van der Waals surface area (Å²) in [6.45, 7) is 4.77. The Morgan fingerprint density at radius 3 is 2.19 bits per heavy atom. The molecule has 0 aromatic heterocycles. The highest BCUT2D eigenvalue weighted by Crippen LogP contribution is 2.20. The summed E-state index contributed by atoms with van der Waals surface area (Å²) in [5.41, 5.74) is 5.39. The van der Waals surface area contributed by atoms with E-state index in [0.29, 0.717) is 6.61 Å². The van der Waals surface area contributed by atoms with E-state index in [1.165, 1.54) is 10.5 Å². The van der Waals surface area contributed by atoms with Gasteiger partial charge in [-0.15, -0.1) is 0 Å². The largest absolute Gasteiger partial charge is 0.489 e. The van der Waals surface area contributed by atoms with Crippen molar-refractivity contribution in [2.45, 2.75) is 27.0 Å². The summed E-state index contributed by atoms with van der Waals surface area (Å²) in [7, 11) is 0. The molecular weight excluding hydrogens is 388 g/mol. The van der Waals surface area contributed by atoms with Crippen molar-refractivity contribution >= 4 is 18.0 Å². The van der Waals surface area contributed by atoms with E-state index in [1.807, 2.05) is 67.6 Å². The standard InChI is InChI=1S/C26H24N2O3/c1-18-5-3-7-21(13-18)16-28-25(29)24(27-26(28)30)15-20-9-11-23(12-10-20)31-17-22-8-4-6-19(2)14-22/h3-15H,16-17H2,1-2H3,(H,27,30)/b24-15+. The number of urea groups is 1. The van der Waals surface area contributed by atoms with Crippen molar-refractivity contribution in [3.8, 4) is 5.75 Å². The molecule has 0 unspecified atom stereocenters. The zero-order valence-electron chi connectivity index (χ0n) is 17.6. The topological polar surface area (TPSA) is 58.6 Å². The number of hydrogen-bond acceptors (Lipinski definition) is 3. The minimum Gasteiger partial charge on any atom is -0.489 e. The maximum Gasteiger partial charge on any atom is 0.329 e.